The van der Waals surface area contributed by atoms with Crippen LogP contribution in [0.2, 0.25) is 0 Å². The van der Waals surface area contributed by atoms with Gasteiger partial charge >= 0.3 is 0 Å². The Morgan fingerprint density at radius 3 is 3.11 bits per heavy atom. The number of benzene rings is 1. The third-order valence-corrected chi connectivity index (χ3v) is 4.76. The molecule has 0 bridgehead atoms. The number of amides is 1. The van der Waals surface area contributed by atoms with E-state index in [1.165, 1.54) is 0 Å². The van der Waals surface area contributed by atoms with Crippen LogP contribution in [0.4, 0.5) is 5.69 Å². The Labute approximate surface area is 123 Å². The number of rotatable bonds is 2. The molecule has 2 heterocycles. The van der Waals surface area contributed by atoms with Crippen molar-refractivity contribution >= 4 is 38.9 Å². The van der Waals surface area contributed by atoms with Gasteiger partial charge in [0.1, 0.15) is 10.8 Å². The molecule has 2 aromatic rings. The molecule has 1 amide bonds. The molecule has 0 unspecified atom stereocenters. The lowest BCUT2D eigenvalue weighted by Gasteiger charge is -2.26. The lowest BCUT2D eigenvalue weighted by Crippen LogP contribution is -2.35. The predicted octanol–water partition coefficient (Wildman–Crippen LogP) is 3.06. The standard InChI is InChI=1S/C13H11BrN2O2S/c1-16-10-4-8(9-7-19-12(5-14)15-9)2-3-11(10)18-6-13(16)17/h2-4,7H,5-6H2,1H3. The molecule has 0 saturated heterocycles. The van der Waals surface area contributed by atoms with Gasteiger partial charge in [0.2, 0.25) is 0 Å². The second-order valence-corrected chi connectivity index (χ2v) is 5.69. The minimum atomic E-state index is -0.0379. The summed E-state index contributed by atoms with van der Waals surface area (Å²) in [5.41, 5.74) is 2.71. The van der Waals surface area contributed by atoms with Crippen molar-refractivity contribution in [1.29, 1.82) is 0 Å². The summed E-state index contributed by atoms with van der Waals surface area (Å²) in [5.74, 6) is 0.700. The fraction of sp³-hybridized carbons (Fsp3) is 0.231. The summed E-state index contributed by atoms with van der Waals surface area (Å²) < 4.78 is 5.41. The molecule has 0 atom stereocenters. The third-order valence-electron chi connectivity index (χ3n) is 3.01. The number of carbonyl (C=O) groups excluding carboxylic acids is 1. The summed E-state index contributed by atoms with van der Waals surface area (Å²) in [7, 11) is 1.76. The zero-order valence-electron chi connectivity index (χ0n) is 10.2. The number of halogens is 1. The van der Waals surface area contributed by atoms with Crippen LogP contribution in [0.15, 0.2) is 23.6 Å². The van der Waals surface area contributed by atoms with Gasteiger partial charge in [0.05, 0.1) is 16.7 Å². The zero-order chi connectivity index (χ0) is 13.4. The maximum absolute atomic E-state index is 11.6. The van der Waals surface area contributed by atoms with Crippen LogP contribution < -0.4 is 9.64 Å². The number of carbonyl (C=O) groups is 1. The second-order valence-electron chi connectivity index (χ2n) is 4.18. The number of fused-ring (bicyclic) bond motifs is 1. The Balaban J connectivity index is 2.03. The lowest BCUT2D eigenvalue weighted by atomic mass is 10.1. The SMILES string of the molecule is CN1C(=O)COc2ccc(-c3csc(CBr)n3)cc21. The zero-order valence-corrected chi connectivity index (χ0v) is 12.6. The number of anilines is 1. The molecule has 0 spiro atoms. The van der Waals surface area contributed by atoms with Crippen LogP contribution in [0.3, 0.4) is 0 Å². The average Bonchev–Trinajstić information content (AvgIpc) is 2.92. The topological polar surface area (TPSA) is 42.4 Å². The molecule has 1 aliphatic heterocycles. The summed E-state index contributed by atoms with van der Waals surface area (Å²) in [5, 5.41) is 3.81. The van der Waals surface area contributed by atoms with Crippen molar-refractivity contribution in [2.75, 3.05) is 18.6 Å². The van der Waals surface area contributed by atoms with E-state index in [-0.39, 0.29) is 12.5 Å². The third kappa shape index (κ3) is 2.26. The minimum absolute atomic E-state index is 0.0379. The van der Waals surface area contributed by atoms with E-state index < -0.39 is 0 Å². The molecule has 0 aliphatic carbocycles. The number of aromatic nitrogens is 1. The number of nitrogens with zero attached hydrogens (tertiary/aromatic N) is 2. The predicted molar refractivity (Wildman–Crippen MR) is 79.1 cm³/mol. The highest BCUT2D eigenvalue weighted by Crippen LogP contribution is 2.35. The fourth-order valence-electron chi connectivity index (χ4n) is 1.94. The smallest absolute Gasteiger partial charge is 0.264 e. The van der Waals surface area contributed by atoms with E-state index in [0.29, 0.717) is 0 Å². The van der Waals surface area contributed by atoms with E-state index in [1.54, 1.807) is 23.3 Å². The molecule has 0 radical (unpaired) electrons. The van der Waals surface area contributed by atoms with Crippen molar-refractivity contribution in [3.63, 3.8) is 0 Å². The van der Waals surface area contributed by atoms with Crippen LogP contribution in [-0.4, -0.2) is 24.5 Å². The average molecular weight is 339 g/mol. The molecule has 0 saturated carbocycles. The van der Waals surface area contributed by atoms with Crippen molar-refractivity contribution in [2.45, 2.75) is 5.33 Å². The highest BCUT2D eigenvalue weighted by Gasteiger charge is 2.22. The van der Waals surface area contributed by atoms with Crippen molar-refractivity contribution in [2.24, 2.45) is 0 Å². The van der Waals surface area contributed by atoms with E-state index in [0.717, 1.165) is 33.0 Å². The van der Waals surface area contributed by atoms with Crippen LogP contribution in [0.1, 0.15) is 5.01 Å². The van der Waals surface area contributed by atoms with E-state index in [2.05, 4.69) is 20.9 Å². The molecule has 3 rings (SSSR count). The second kappa shape index (κ2) is 4.94. The van der Waals surface area contributed by atoms with Gasteiger partial charge in [-0.15, -0.1) is 11.3 Å². The number of ether oxygens (including phenoxy) is 1. The highest BCUT2D eigenvalue weighted by molar-refractivity contribution is 9.08. The number of alkyl halides is 1. The molecule has 0 N–H and O–H groups in total. The molecule has 1 aromatic heterocycles. The summed E-state index contributed by atoms with van der Waals surface area (Å²) in [6, 6.07) is 5.80. The van der Waals surface area contributed by atoms with E-state index in [4.69, 9.17) is 4.74 Å². The van der Waals surface area contributed by atoms with Crippen LogP contribution in [0.25, 0.3) is 11.3 Å². The Hall–Kier alpha value is -1.40. The first-order chi connectivity index (χ1) is 9.19. The monoisotopic (exact) mass is 338 g/mol. The van der Waals surface area contributed by atoms with E-state index in [9.17, 15) is 4.79 Å². The van der Waals surface area contributed by atoms with Crippen molar-refractivity contribution in [1.82, 2.24) is 4.98 Å². The van der Waals surface area contributed by atoms with Gasteiger partial charge in [0.25, 0.3) is 5.91 Å². The van der Waals surface area contributed by atoms with Crippen LogP contribution in [-0.2, 0) is 10.1 Å². The Morgan fingerprint density at radius 1 is 1.53 bits per heavy atom. The van der Waals surface area contributed by atoms with Gasteiger partial charge in [-0.3, -0.25) is 4.79 Å². The lowest BCUT2D eigenvalue weighted by molar-refractivity contribution is -0.120. The van der Waals surface area contributed by atoms with Gasteiger partial charge in [-0.1, -0.05) is 15.9 Å². The molecule has 0 fully saturated rings. The normalized spacial score (nSPS) is 14.2. The molecular formula is C13H11BrN2O2S. The molecule has 1 aliphatic rings. The van der Waals surface area contributed by atoms with Crippen LogP contribution in [0.5, 0.6) is 5.75 Å². The highest BCUT2D eigenvalue weighted by atomic mass is 79.9. The molecule has 1 aromatic carbocycles. The van der Waals surface area contributed by atoms with Crippen LogP contribution in [0, 0.1) is 0 Å². The summed E-state index contributed by atoms with van der Waals surface area (Å²) >= 11 is 5.01. The van der Waals surface area contributed by atoms with Crippen molar-refractivity contribution in [3.05, 3.63) is 28.6 Å². The first kappa shape index (κ1) is 12.6. The summed E-state index contributed by atoms with van der Waals surface area (Å²) in [6.45, 7) is 0.104. The van der Waals surface area contributed by atoms with E-state index >= 15 is 0 Å². The van der Waals surface area contributed by atoms with Gasteiger partial charge < -0.3 is 9.64 Å². The first-order valence-corrected chi connectivity index (χ1v) is 7.73. The summed E-state index contributed by atoms with van der Waals surface area (Å²) in [4.78, 5) is 17.8. The Bertz CT molecular complexity index is 641. The molecular weight excluding hydrogens is 328 g/mol. The van der Waals surface area contributed by atoms with Gasteiger partial charge in [0, 0.05) is 18.0 Å². The quantitative estimate of drug-likeness (QED) is 0.790. The van der Waals surface area contributed by atoms with Gasteiger partial charge in [-0.25, -0.2) is 4.98 Å². The van der Waals surface area contributed by atoms with E-state index in [1.807, 2.05) is 23.6 Å². The molecule has 19 heavy (non-hydrogen) atoms. The molecule has 4 nitrogen and oxygen atoms in total. The largest absolute Gasteiger partial charge is 0.482 e. The first-order valence-electron chi connectivity index (χ1n) is 5.73. The van der Waals surface area contributed by atoms with Crippen molar-refractivity contribution in [3.8, 4) is 17.0 Å². The molecule has 98 valence electrons. The van der Waals surface area contributed by atoms with Gasteiger partial charge in [-0.2, -0.15) is 0 Å². The summed E-state index contributed by atoms with van der Waals surface area (Å²) in [6.07, 6.45) is 0. The maximum Gasteiger partial charge on any atom is 0.264 e. The number of thiazole rings is 1. The number of hydrogen-bond donors (Lipinski definition) is 0. The maximum atomic E-state index is 11.6. The Morgan fingerprint density at radius 2 is 2.37 bits per heavy atom. The number of hydrogen-bond acceptors (Lipinski definition) is 4. The molecule has 6 heteroatoms. The van der Waals surface area contributed by atoms with Gasteiger partial charge in [0.15, 0.2) is 6.61 Å². The van der Waals surface area contributed by atoms with Crippen LogP contribution >= 0.6 is 27.3 Å². The van der Waals surface area contributed by atoms with Crippen molar-refractivity contribution < 1.29 is 9.53 Å². The Kier molecular flexibility index (Phi) is 3.28. The fourth-order valence-corrected chi connectivity index (χ4v) is 3.11. The minimum Gasteiger partial charge on any atom is -0.482 e. The number of likely N-dealkylation sites (N-methyl/N-ethyl adjacent to an activating group) is 1. The van der Waals surface area contributed by atoms with Gasteiger partial charge in [-0.05, 0) is 18.2 Å².